The summed E-state index contributed by atoms with van der Waals surface area (Å²) < 4.78 is 18.6. The normalized spacial score (nSPS) is 12.2. The van der Waals surface area contributed by atoms with Gasteiger partial charge in [0.25, 0.3) is 5.91 Å². The van der Waals surface area contributed by atoms with E-state index in [1.54, 1.807) is 6.08 Å². The van der Waals surface area contributed by atoms with Crippen molar-refractivity contribution < 1.29 is 18.7 Å². The number of carbonyl (C=O) groups is 2. The molecule has 0 bridgehead atoms. The van der Waals surface area contributed by atoms with Crippen LogP contribution in [-0.4, -0.2) is 18.0 Å². The van der Waals surface area contributed by atoms with Gasteiger partial charge >= 0.3 is 5.97 Å². The highest BCUT2D eigenvalue weighted by Crippen LogP contribution is 2.19. The van der Waals surface area contributed by atoms with E-state index in [1.165, 1.54) is 36.5 Å². The second-order valence-corrected chi connectivity index (χ2v) is 6.38. The Hall–Kier alpha value is -2.18. The van der Waals surface area contributed by atoms with Gasteiger partial charge in [-0.15, -0.1) is 11.3 Å². The number of amides is 1. The number of benzene rings is 1. The molecule has 0 aliphatic heterocycles. The van der Waals surface area contributed by atoms with Crippen LogP contribution >= 0.6 is 22.9 Å². The number of carbonyl (C=O) groups excluding carboxylic acids is 2. The molecule has 1 heterocycles. The molecule has 7 heteroatoms. The van der Waals surface area contributed by atoms with E-state index in [4.69, 9.17) is 16.3 Å². The number of aryl methyl sites for hydroxylation is 1. The molecular weight excluding hydrogens is 353 g/mol. The second kappa shape index (κ2) is 8.08. The first-order chi connectivity index (χ1) is 11.4. The largest absolute Gasteiger partial charge is 0.449 e. The zero-order valence-corrected chi connectivity index (χ0v) is 14.6. The lowest BCUT2D eigenvalue weighted by Crippen LogP contribution is -2.29. The number of rotatable bonds is 5. The predicted molar refractivity (Wildman–Crippen MR) is 93.7 cm³/mol. The predicted octanol–water partition coefficient (Wildman–Crippen LogP) is 4.43. The zero-order valence-electron chi connectivity index (χ0n) is 13.0. The minimum absolute atomic E-state index is 0.0305. The van der Waals surface area contributed by atoms with Crippen LogP contribution in [0.2, 0.25) is 5.02 Å². The minimum atomic E-state index is -1.07. The number of halogens is 2. The Morgan fingerprint density at radius 2 is 2.12 bits per heavy atom. The molecule has 0 radical (unpaired) electrons. The summed E-state index contributed by atoms with van der Waals surface area (Å²) in [5.41, 5.74) is 1.02. The van der Waals surface area contributed by atoms with E-state index in [-0.39, 0.29) is 10.7 Å². The number of anilines is 1. The Morgan fingerprint density at radius 1 is 1.38 bits per heavy atom. The smallest absolute Gasteiger partial charge is 0.331 e. The molecule has 0 unspecified atom stereocenters. The van der Waals surface area contributed by atoms with Crippen LogP contribution in [0.4, 0.5) is 10.1 Å². The van der Waals surface area contributed by atoms with Crippen LogP contribution in [-0.2, 0) is 14.3 Å². The van der Waals surface area contributed by atoms with Gasteiger partial charge in [0.05, 0.1) is 5.69 Å². The molecule has 0 aliphatic carbocycles. The molecule has 1 amide bonds. The number of thiophene rings is 1. The topological polar surface area (TPSA) is 55.4 Å². The van der Waals surface area contributed by atoms with E-state index in [1.807, 2.05) is 18.4 Å². The zero-order chi connectivity index (χ0) is 17.7. The lowest BCUT2D eigenvalue weighted by molar-refractivity contribution is -0.148. The van der Waals surface area contributed by atoms with Gasteiger partial charge in [0.1, 0.15) is 5.82 Å². The first-order valence-corrected chi connectivity index (χ1v) is 8.31. The third-order valence-electron chi connectivity index (χ3n) is 3.12. The van der Waals surface area contributed by atoms with E-state index in [9.17, 15) is 14.0 Å². The Bertz CT molecular complexity index is 788. The van der Waals surface area contributed by atoms with Gasteiger partial charge in [0, 0.05) is 16.0 Å². The number of nitrogens with one attached hydrogen (secondary N) is 1. The van der Waals surface area contributed by atoms with Crippen LogP contribution in [0.3, 0.4) is 0 Å². The monoisotopic (exact) mass is 367 g/mol. The van der Waals surface area contributed by atoms with Crippen LogP contribution in [0.15, 0.2) is 35.7 Å². The summed E-state index contributed by atoms with van der Waals surface area (Å²) in [6.45, 7) is 3.34. The summed E-state index contributed by atoms with van der Waals surface area (Å²) >= 11 is 7.14. The third-order valence-corrected chi connectivity index (χ3v) is 4.34. The Balaban J connectivity index is 1.92. The van der Waals surface area contributed by atoms with Crippen molar-refractivity contribution in [1.82, 2.24) is 0 Å². The molecule has 0 saturated heterocycles. The third kappa shape index (κ3) is 4.91. The van der Waals surface area contributed by atoms with E-state index in [2.05, 4.69) is 5.32 Å². The van der Waals surface area contributed by atoms with Gasteiger partial charge in [-0.1, -0.05) is 11.6 Å². The maximum atomic E-state index is 13.6. The van der Waals surface area contributed by atoms with Crippen LogP contribution in [0.5, 0.6) is 0 Å². The molecule has 4 nitrogen and oxygen atoms in total. The summed E-state index contributed by atoms with van der Waals surface area (Å²) in [5.74, 6) is -1.95. The average Bonchev–Trinajstić information content (AvgIpc) is 2.93. The van der Waals surface area contributed by atoms with E-state index >= 15 is 0 Å². The van der Waals surface area contributed by atoms with Gasteiger partial charge in [-0.05, 0) is 55.1 Å². The van der Waals surface area contributed by atoms with Crippen molar-refractivity contribution in [2.45, 2.75) is 20.0 Å². The van der Waals surface area contributed by atoms with Crippen molar-refractivity contribution in [3.05, 3.63) is 57.0 Å². The Labute approximate surface area is 147 Å². The molecule has 1 atom stereocenters. The van der Waals surface area contributed by atoms with Crippen LogP contribution in [0, 0.1) is 12.7 Å². The Kier molecular flexibility index (Phi) is 6.11. The van der Waals surface area contributed by atoms with Gasteiger partial charge < -0.3 is 10.1 Å². The first-order valence-electron chi connectivity index (χ1n) is 7.05. The van der Waals surface area contributed by atoms with E-state index < -0.39 is 23.8 Å². The first kappa shape index (κ1) is 18.2. The van der Waals surface area contributed by atoms with Crippen molar-refractivity contribution in [3.63, 3.8) is 0 Å². The molecule has 24 heavy (non-hydrogen) atoms. The van der Waals surface area contributed by atoms with Gasteiger partial charge in [0.2, 0.25) is 0 Å². The lowest BCUT2D eigenvalue weighted by atomic mass is 10.2. The summed E-state index contributed by atoms with van der Waals surface area (Å²) in [4.78, 5) is 24.7. The summed E-state index contributed by atoms with van der Waals surface area (Å²) in [6.07, 6.45) is 1.82. The summed E-state index contributed by atoms with van der Waals surface area (Å²) in [6, 6.07) is 5.80. The molecular formula is C17H15ClFNO3S. The SMILES string of the molecule is Cc1ccsc1/C=C/C(=O)O[C@@H](C)C(=O)Nc1ccc(Cl)cc1F. The molecule has 2 aromatic rings. The van der Waals surface area contributed by atoms with Crippen LogP contribution in [0.25, 0.3) is 6.08 Å². The molecule has 1 N–H and O–H groups in total. The summed E-state index contributed by atoms with van der Waals surface area (Å²) in [7, 11) is 0. The number of hydrogen-bond donors (Lipinski definition) is 1. The van der Waals surface area contributed by atoms with Crippen molar-refractivity contribution in [2.75, 3.05) is 5.32 Å². The maximum Gasteiger partial charge on any atom is 0.331 e. The lowest BCUT2D eigenvalue weighted by Gasteiger charge is -2.12. The fraction of sp³-hybridized carbons (Fsp3) is 0.176. The standard InChI is InChI=1S/C17H15ClFNO3S/c1-10-7-8-24-15(10)5-6-16(21)23-11(2)17(22)20-14-4-3-12(18)9-13(14)19/h3-9,11H,1-2H3,(H,20,22)/b6-5+/t11-/m0/s1. The van der Waals surface area contributed by atoms with Crippen molar-refractivity contribution in [2.24, 2.45) is 0 Å². The van der Waals surface area contributed by atoms with Gasteiger partial charge in [-0.3, -0.25) is 4.79 Å². The molecule has 0 spiro atoms. The Morgan fingerprint density at radius 3 is 2.75 bits per heavy atom. The molecule has 0 saturated carbocycles. The van der Waals surface area contributed by atoms with Crippen LogP contribution < -0.4 is 5.32 Å². The van der Waals surface area contributed by atoms with Gasteiger partial charge in [-0.25, -0.2) is 9.18 Å². The van der Waals surface area contributed by atoms with E-state index in [0.717, 1.165) is 16.5 Å². The molecule has 2 rings (SSSR count). The number of hydrogen-bond acceptors (Lipinski definition) is 4. The number of esters is 1. The second-order valence-electron chi connectivity index (χ2n) is 4.99. The van der Waals surface area contributed by atoms with Crippen LogP contribution in [0.1, 0.15) is 17.4 Å². The highest BCUT2D eigenvalue weighted by Gasteiger charge is 2.18. The van der Waals surface area contributed by atoms with Crippen molar-refractivity contribution in [1.29, 1.82) is 0 Å². The van der Waals surface area contributed by atoms with Crippen molar-refractivity contribution >= 4 is 46.6 Å². The molecule has 0 fully saturated rings. The molecule has 1 aromatic carbocycles. The molecule has 0 aliphatic rings. The summed E-state index contributed by atoms with van der Waals surface area (Å²) in [5, 5.41) is 4.48. The quantitative estimate of drug-likeness (QED) is 0.628. The minimum Gasteiger partial charge on any atom is -0.449 e. The molecule has 1 aromatic heterocycles. The fourth-order valence-corrected chi connectivity index (χ4v) is 2.77. The van der Waals surface area contributed by atoms with Gasteiger partial charge in [-0.2, -0.15) is 0 Å². The average molecular weight is 368 g/mol. The van der Waals surface area contributed by atoms with E-state index in [0.29, 0.717) is 0 Å². The highest BCUT2D eigenvalue weighted by atomic mass is 35.5. The number of ether oxygens (including phenoxy) is 1. The van der Waals surface area contributed by atoms with Gasteiger partial charge in [0.15, 0.2) is 6.10 Å². The highest BCUT2D eigenvalue weighted by molar-refractivity contribution is 7.11. The molecule has 126 valence electrons. The van der Waals surface area contributed by atoms with Crippen molar-refractivity contribution in [3.8, 4) is 0 Å². The maximum absolute atomic E-state index is 13.6. The fourth-order valence-electron chi connectivity index (χ4n) is 1.79.